The van der Waals surface area contributed by atoms with E-state index in [-0.39, 0.29) is 17.7 Å². The Hall–Kier alpha value is -2.73. The Morgan fingerprint density at radius 1 is 1.19 bits per heavy atom. The molecule has 2 aliphatic rings. The smallest absolute Gasteiger partial charge is 0.351 e. The van der Waals surface area contributed by atoms with Crippen molar-refractivity contribution in [2.45, 2.75) is 37.8 Å². The molecule has 0 bridgehead atoms. The Bertz CT molecular complexity index is 1000. The van der Waals surface area contributed by atoms with Crippen LogP contribution in [0, 0.1) is 17.6 Å². The summed E-state index contributed by atoms with van der Waals surface area (Å²) in [5.41, 5.74) is 1.91. The number of hydrogen-bond acceptors (Lipinski definition) is 6. The standard InChI is InChI=1S/C19H23F2N5O4S/c1-31(29,30)23-9-11-5-7-12(8-6-11)24-19(28)17-15(10-22-26-17)25-18(27)16-13(20)3-2-4-14(16)21/h2-4,10-12,17,23,26H,5-9H2,1H3,(H,24,28)/p+1. The molecular weight excluding hydrogens is 432 g/mol. The van der Waals surface area contributed by atoms with Gasteiger partial charge < -0.3 is 5.32 Å². The Morgan fingerprint density at radius 3 is 2.45 bits per heavy atom. The lowest BCUT2D eigenvalue weighted by Crippen LogP contribution is -2.81. The molecule has 12 heteroatoms. The van der Waals surface area contributed by atoms with E-state index in [0.717, 1.165) is 37.3 Å². The molecule has 1 aromatic rings. The van der Waals surface area contributed by atoms with E-state index in [4.69, 9.17) is 0 Å². The third-order valence-corrected chi connectivity index (χ3v) is 5.95. The van der Waals surface area contributed by atoms with Crippen molar-refractivity contribution in [3.8, 4) is 0 Å². The molecule has 1 aliphatic carbocycles. The topological polar surface area (TPSA) is 131 Å². The Balaban J connectivity index is 1.57. The minimum atomic E-state index is -3.23. The fraction of sp³-hybridized carbons (Fsp3) is 0.474. The predicted molar refractivity (Wildman–Crippen MR) is 109 cm³/mol. The molecule has 0 radical (unpaired) electrons. The third kappa shape index (κ3) is 6.14. The largest absolute Gasteiger partial charge is 0.424 e. The van der Waals surface area contributed by atoms with Crippen molar-refractivity contribution in [1.82, 2.24) is 15.5 Å². The van der Waals surface area contributed by atoms with Crippen molar-refractivity contribution in [2.24, 2.45) is 11.0 Å². The average molecular weight is 456 g/mol. The minimum absolute atomic E-state index is 0.0798. The average Bonchev–Trinajstić information content (AvgIpc) is 3.15. The van der Waals surface area contributed by atoms with Gasteiger partial charge in [-0.2, -0.15) is 10.1 Å². The van der Waals surface area contributed by atoms with Crippen molar-refractivity contribution in [3.63, 3.8) is 0 Å². The summed E-state index contributed by atoms with van der Waals surface area (Å²) in [7, 11) is -3.23. The summed E-state index contributed by atoms with van der Waals surface area (Å²) < 4.78 is 52.5. The van der Waals surface area contributed by atoms with E-state index in [1.54, 1.807) is 0 Å². The molecule has 1 aromatic carbocycles. The van der Waals surface area contributed by atoms with E-state index in [1.807, 2.05) is 0 Å². The van der Waals surface area contributed by atoms with Gasteiger partial charge in [-0.05, 0) is 43.7 Å². The van der Waals surface area contributed by atoms with Gasteiger partial charge in [0.05, 0.1) is 6.26 Å². The van der Waals surface area contributed by atoms with Crippen LogP contribution in [0.2, 0.25) is 0 Å². The number of hydrazone groups is 1. The number of carbonyl (C=O) groups excluding carboxylic acids is 2. The van der Waals surface area contributed by atoms with Crippen LogP contribution in [0.25, 0.3) is 0 Å². The van der Waals surface area contributed by atoms with Crippen LogP contribution in [0.5, 0.6) is 0 Å². The van der Waals surface area contributed by atoms with Gasteiger partial charge >= 0.3 is 5.91 Å². The van der Waals surface area contributed by atoms with Crippen LogP contribution in [-0.4, -0.2) is 57.0 Å². The zero-order valence-corrected chi connectivity index (χ0v) is 17.6. The zero-order valence-electron chi connectivity index (χ0n) is 16.8. The maximum atomic E-state index is 13.8. The number of rotatable bonds is 6. The monoisotopic (exact) mass is 456 g/mol. The Morgan fingerprint density at radius 2 is 1.84 bits per heavy atom. The molecule has 0 spiro atoms. The number of halogens is 2. The predicted octanol–water partition coefficient (Wildman–Crippen LogP) is -1.19. The molecule has 9 nitrogen and oxygen atoms in total. The van der Waals surface area contributed by atoms with Gasteiger partial charge in [-0.15, -0.1) is 0 Å². The first-order chi connectivity index (χ1) is 14.6. The van der Waals surface area contributed by atoms with Crippen LogP contribution in [0.1, 0.15) is 36.0 Å². The summed E-state index contributed by atoms with van der Waals surface area (Å²) in [5, 5.41) is 6.65. The molecule has 0 saturated heterocycles. The number of benzene rings is 1. The van der Waals surface area contributed by atoms with Gasteiger partial charge in [-0.1, -0.05) is 6.07 Å². The van der Waals surface area contributed by atoms with Crippen molar-refractivity contribution < 1.29 is 31.8 Å². The van der Waals surface area contributed by atoms with Gasteiger partial charge in [-0.3, -0.25) is 10.2 Å². The molecule has 1 aliphatic heterocycles. The van der Waals surface area contributed by atoms with E-state index in [0.29, 0.717) is 19.4 Å². The quantitative estimate of drug-likeness (QED) is 0.428. The van der Waals surface area contributed by atoms with Gasteiger partial charge in [0.2, 0.25) is 21.8 Å². The van der Waals surface area contributed by atoms with Crippen molar-refractivity contribution >= 4 is 33.8 Å². The van der Waals surface area contributed by atoms with E-state index in [2.05, 4.69) is 25.6 Å². The first-order valence-electron chi connectivity index (χ1n) is 9.80. The van der Waals surface area contributed by atoms with Crippen molar-refractivity contribution in [2.75, 3.05) is 12.8 Å². The number of hydrogen-bond donors (Lipinski definition) is 4. The second-order valence-electron chi connectivity index (χ2n) is 7.67. The first kappa shape index (κ1) is 22.9. The molecule has 0 aromatic heterocycles. The molecule has 4 N–H and O–H groups in total. The van der Waals surface area contributed by atoms with Crippen LogP contribution in [0.15, 0.2) is 23.3 Å². The van der Waals surface area contributed by atoms with Crippen LogP contribution in [-0.2, 0) is 14.8 Å². The SMILES string of the molecule is CS(=O)(=O)NCC1CCC(NC(=O)C2NN=CC2=[NH+]C(=O)c2c(F)cccc2F)CC1. The lowest BCUT2D eigenvalue weighted by molar-refractivity contribution is -0.344. The highest BCUT2D eigenvalue weighted by molar-refractivity contribution is 7.88. The van der Waals surface area contributed by atoms with Gasteiger partial charge in [0, 0.05) is 12.6 Å². The maximum absolute atomic E-state index is 13.8. The van der Waals surface area contributed by atoms with Crippen molar-refractivity contribution in [3.05, 3.63) is 35.4 Å². The zero-order chi connectivity index (χ0) is 22.6. The fourth-order valence-electron chi connectivity index (χ4n) is 3.60. The Labute approximate surface area is 178 Å². The highest BCUT2D eigenvalue weighted by Gasteiger charge is 2.35. The molecular formula is C19H24F2N5O4S+. The summed E-state index contributed by atoms with van der Waals surface area (Å²) in [5.74, 6) is -3.27. The molecule has 1 saturated carbocycles. The van der Waals surface area contributed by atoms with E-state index in [1.165, 1.54) is 6.21 Å². The number of sulfonamides is 1. The first-order valence-corrected chi connectivity index (χ1v) is 11.7. The van der Waals surface area contributed by atoms with Crippen LogP contribution in [0.4, 0.5) is 8.78 Å². The lowest BCUT2D eigenvalue weighted by atomic mass is 9.86. The molecule has 1 fully saturated rings. The maximum Gasteiger partial charge on any atom is 0.424 e. The molecule has 31 heavy (non-hydrogen) atoms. The van der Waals surface area contributed by atoms with Crippen LogP contribution in [0.3, 0.4) is 0 Å². The van der Waals surface area contributed by atoms with Gasteiger partial charge in [0.1, 0.15) is 17.8 Å². The van der Waals surface area contributed by atoms with E-state index < -0.39 is 45.1 Å². The highest BCUT2D eigenvalue weighted by atomic mass is 32.2. The highest BCUT2D eigenvalue weighted by Crippen LogP contribution is 2.24. The molecule has 1 atom stereocenters. The lowest BCUT2D eigenvalue weighted by Gasteiger charge is -2.29. The molecule has 3 rings (SSSR count). The second-order valence-corrected chi connectivity index (χ2v) is 9.51. The normalized spacial score (nSPS) is 24.7. The van der Waals surface area contributed by atoms with Crippen LogP contribution < -0.4 is 20.5 Å². The molecule has 1 unspecified atom stereocenters. The van der Waals surface area contributed by atoms with Gasteiger partial charge in [0.15, 0.2) is 5.56 Å². The van der Waals surface area contributed by atoms with E-state index >= 15 is 0 Å². The summed E-state index contributed by atoms with van der Waals surface area (Å²) >= 11 is 0. The number of nitrogens with zero attached hydrogens (tertiary/aromatic N) is 1. The number of amides is 2. The second kappa shape index (κ2) is 9.60. The summed E-state index contributed by atoms with van der Waals surface area (Å²) in [6.45, 7) is 0.369. The molecule has 1 heterocycles. The van der Waals surface area contributed by atoms with Crippen LogP contribution >= 0.6 is 0 Å². The molecule has 2 amide bonds. The van der Waals surface area contributed by atoms with Crippen molar-refractivity contribution in [1.29, 1.82) is 0 Å². The summed E-state index contributed by atoms with van der Waals surface area (Å²) in [4.78, 5) is 27.3. The fourth-order valence-corrected chi connectivity index (χ4v) is 4.14. The van der Waals surface area contributed by atoms with Gasteiger partial charge in [0.25, 0.3) is 5.91 Å². The number of nitrogens with one attached hydrogen (secondary N) is 4. The number of carbonyl (C=O) groups is 2. The molecule has 168 valence electrons. The Kier molecular flexibility index (Phi) is 7.11. The third-order valence-electron chi connectivity index (χ3n) is 5.26. The summed E-state index contributed by atoms with van der Waals surface area (Å²) in [6, 6.07) is 1.98. The summed E-state index contributed by atoms with van der Waals surface area (Å²) in [6.07, 6.45) is 5.19. The van der Waals surface area contributed by atoms with E-state index in [9.17, 15) is 26.8 Å². The minimum Gasteiger partial charge on any atom is -0.351 e. The van der Waals surface area contributed by atoms with Gasteiger partial charge in [-0.25, -0.2) is 26.7 Å².